The van der Waals surface area contributed by atoms with Crippen LogP contribution in [0.3, 0.4) is 0 Å². The molecule has 1 amide bonds. The first-order valence-electron chi connectivity index (χ1n) is 8.35. The number of hydrogen-bond donors (Lipinski definition) is 1. The van der Waals surface area contributed by atoms with Gasteiger partial charge in [-0.25, -0.2) is 0 Å². The fourth-order valence-electron chi connectivity index (χ4n) is 2.76. The van der Waals surface area contributed by atoms with Crippen molar-refractivity contribution < 1.29 is 9.53 Å². The van der Waals surface area contributed by atoms with Gasteiger partial charge in [0, 0.05) is 6.42 Å². The SMILES string of the molecule is O=C(CCc1cccc2ccccc12)NCCOc1ccccc1Cl. The van der Waals surface area contributed by atoms with E-state index in [2.05, 4.69) is 29.6 Å². The zero-order valence-corrected chi connectivity index (χ0v) is 14.6. The highest BCUT2D eigenvalue weighted by molar-refractivity contribution is 6.32. The number of carbonyl (C=O) groups is 1. The van der Waals surface area contributed by atoms with Gasteiger partial charge in [0.2, 0.25) is 5.91 Å². The molecule has 3 aromatic rings. The highest BCUT2D eigenvalue weighted by atomic mass is 35.5. The summed E-state index contributed by atoms with van der Waals surface area (Å²) >= 11 is 6.02. The van der Waals surface area contributed by atoms with Crippen molar-refractivity contribution in [3.8, 4) is 5.75 Å². The van der Waals surface area contributed by atoms with Crippen molar-refractivity contribution in [1.82, 2.24) is 5.32 Å². The van der Waals surface area contributed by atoms with E-state index in [1.807, 2.05) is 36.4 Å². The number of halogens is 1. The Morgan fingerprint density at radius 1 is 0.960 bits per heavy atom. The molecule has 128 valence electrons. The molecule has 0 saturated heterocycles. The van der Waals surface area contributed by atoms with Gasteiger partial charge in [-0.3, -0.25) is 4.79 Å². The van der Waals surface area contributed by atoms with Gasteiger partial charge >= 0.3 is 0 Å². The summed E-state index contributed by atoms with van der Waals surface area (Å²) in [6, 6.07) is 21.7. The standard InChI is InChI=1S/C21H20ClNO2/c22-19-10-3-4-11-20(19)25-15-14-23-21(24)13-12-17-8-5-7-16-6-1-2-9-18(16)17/h1-11H,12-15H2,(H,23,24). The van der Waals surface area contributed by atoms with E-state index in [1.54, 1.807) is 6.07 Å². The lowest BCUT2D eigenvalue weighted by atomic mass is 10.0. The average molecular weight is 354 g/mol. The van der Waals surface area contributed by atoms with Gasteiger partial charge in [0.25, 0.3) is 0 Å². The predicted molar refractivity (Wildman–Crippen MR) is 102 cm³/mol. The van der Waals surface area contributed by atoms with Crippen molar-refractivity contribution in [2.24, 2.45) is 0 Å². The first kappa shape index (κ1) is 17.3. The lowest BCUT2D eigenvalue weighted by Gasteiger charge is -2.09. The first-order chi connectivity index (χ1) is 12.2. The summed E-state index contributed by atoms with van der Waals surface area (Å²) in [5, 5.41) is 5.87. The van der Waals surface area contributed by atoms with Crippen LogP contribution in [0.4, 0.5) is 0 Å². The van der Waals surface area contributed by atoms with E-state index in [9.17, 15) is 4.79 Å². The van der Waals surface area contributed by atoms with Gasteiger partial charge in [0.1, 0.15) is 12.4 Å². The number of aryl methyl sites for hydroxylation is 1. The number of hydrogen-bond acceptors (Lipinski definition) is 2. The normalized spacial score (nSPS) is 10.6. The van der Waals surface area contributed by atoms with Crippen LogP contribution >= 0.6 is 11.6 Å². The molecule has 0 aliphatic carbocycles. The van der Waals surface area contributed by atoms with Crippen molar-refractivity contribution in [2.45, 2.75) is 12.8 Å². The molecule has 0 bridgehead atoms. The highest BCUT2D eigenvalue weighted by Crippen LogP contribution is 2.22. The Hall–Kier alpha value is -2.52. The minimum Gasteiger partial charge on any atom is -0.490 e. The zero-order valence-electron chi connectivity index (χ0n) is 13.9. The maximum Gasteiger partial charge on any atom is 0.220 e. The number of rotatable bonds is 7. The molecule has 3 rings (SSSR count). The number of para-hydroxylation sites is 1. The van der Waals surface area contributed by atoms with Crippen molar-refractivity contribution in [2.75, 3.05) is 13.2 Å². The third-order valence-electron chi connectivity index (χ3n) is 4.02. The molecule has 3 nitrogen and oxygen atoms in total. The van der Waals surface area contributed by atoms with Crippen LogP contribution in [0.1, 0.15) is 12.0 Å². The minimum atomic E-state index is 0.0238. The molecule has 0 radical (unpaired) electrons. The third-order valence-corrected chi connectivity index (χ3v) is 4.33. The molecule has 4 heteroatoms. The van der Waals surface area contributed by atoms with Crippen molar-refractivity contribution in [3.63, 3.8) is 0 Å². The summed E-state index contributed by atoms with van der Waals surface area (Å²) in [4.78, 5) is 12.0. The van der Waals surface area contributed by atoms with Crippen LogP contribution in [0.15, 0.2) is 66.7 Å². The number of ether oxygens (including phenoxy) is 1. The predicted octanol–water partition coefficient (Wildman–Crippen LogP) is 4.62. The molecule has 0 spiro atoms. The van der Waals surface area contributed by atoms with Crippen LogP contribution in [0, 0.1) is 0 Å². The zero-order chi connectivity index (χ0) is 17.5. The van der Waals surface area contributed by atoms with Gasteiger partial charge < -0.3 is 10.1 Å². The van der Waals surface area contributed by atoms with Gasteiger partial charge in [0.15, 0.2) is 0 Å². The topological polar surface area (TPSA) is 38.3 Å². The molecule has 0 atom stereocenters. The number of carbonyl (C=O) groups excluding carboxylic acids is 1. The van der Waals surface area contributed by atoms with Gasteiger partial charge in [-0.05, 0) is 34.9 Å². The van der Waals surface area contributed by atoms with E-state index >= 15 is 0 Å². The molecule has 0 aliphatic heterocycles. The largest absolute Gasteiger partial charge is 0.490 e. The van der Waals surface area contributed by atoms with Crippen LogP contribution in [0.5, 0.6) is 5.75 Å². The van der Waals surface area contributed by atoms with Crippen molar-refractivity contribution in [1.29, 1.82) is 0 Å². The van der Waals surface area contributed by atoms with Gasteiger partial charge in [-0.2, -0.15) is 0 Å². The second-order valence-electron chi connectivity index (χ2n) is 5.77. The van der Waals surface area contributed by atoms with Gasteiger partial charge in [-0.15, -0.1) is 0 Å². The van der Waals surface area contributed by atoms with Gasteiger partial charge in [-0.1, -0.05) is 66.2 Å². The second-order valence-corrected chi connectivity index (χ2v) is 6.17. The number of nitrogens with one attached hydrogen (secondary N) is 1. The summed E-state index contributed by atoms with van der Waals surface area (Å²) in [7, 11) is 0. The van der Waals surface area contributed by atoms with Crippen LogP contribution < -0.4 is 10.1 Å². The Kier molecular flexibility index (Phi) is 5.91. The number of amides is 1. The maximum atomic E-state index is 12.0. The Morgan fingerprint density at radius 3 is 2.60 bits per heavy atom. The number of fused-ring (bicyclic) bond motifs is 1. The van der Waals surface area contributed by atoms with Crippen molar-refractivity contribution >= 4 is 28.3 Å². The fourth-order valence-corrected chi connectivity index (χ4v) is 2.95. The van der Waals surface area contributed by atoms with E-state index in [4.69, 9.17) is 16.3 Å². The summed E-state index contributed by atoms with van der Waals surface area (Å²) in [5.74, 6) is 0.657. The minimum absolute atomic E-state index is 0.0238. The molecule has 1 N–H and O–H groups in total. The molecule has 0 heterocycles. The summed E-state index contributed by atoms with van der Waals surface area (Å²) in [6.45, 7) is 0.851. The third kappa shape index (κ3) is 4.74. The lowest BCUT2D eigenvalue weighted by Crippen LogP contribution is -2.28. The monoisotopic (exact) mass is 353 g/mol. The Bertz CT molecular complexity index is 858. The van der Waals surface area contributed by atoms with E-state index in [1.165, 1.54) is 16.3 Å². The smallest absolute Gasteiger partial charge is 0.220 e. The summed E-state index contributed by atoms with van der Waals surface area (Å²) in [6.07, 6.45) is 1.18. The Morgan fingerprint density at radius 2 is 1.72 bits per heavy atom. The van der Waals surface area contributed by atoms with Crippen molar-refractivity contribution in [3.05, 3.63) is 77.3 Å². The molecule has 25 heavy (non-hydrogen) atoms. The lowest BCUT2D eigenvalue weighted by molar-refractivity contribution is -0.121. The molecule has 0 fully saturated rings. The quantitative estimate of drug-likeness (QED) is 0.629. The molecular weight excluding hydrogens is 334 g/mol. The summed E-state index contributed by atoms with van der Waals surface area (Å²) < 4.78 is 5.56. The maximum absolute atomic E-state index is 12.0. The van der Waals surface area contributed by atoms with Gasteiger partial charge in [0.05, 0.1) is 11.6 Å². The molecule has 0 aromatic heterocycles. The fraction of sp³-hybridized carbons (Fsp3) is 0.190. The molecule has 0 unspecified atom stereocenters. The number of benzene rings is 3. The molecular formula is C21H20ClNO2. The Balaban J connectivity index is 1.44. The van der Waals surface area contributed by atoms with Crippen LogP contribution in [0.25, 0.3) is 10.8 Å². The van der Waals surface area contributed by atoms with Crippen LogP contribution in [-0.4, -0.2) is 19.1 Å². The molecule has 0 saturated carbocycles. The second kappa shape index (κ2) is 8.54. The average Bonchev–Trinajstić information content (AvgIpc) is 2.65. The van der Waals surface area contributed by atoms with E-state index in [-0.39, 0.29) is 5.91 Å². The van der Waals surface area contributed by atoms with E-state index in [0.717, 1.165) is 6.42 Å². The Labute approximate surface area is 152 Å². The van der Waals surface area contributed by atoms with E-state index < -0.39 is 0 Å². The first-order valence-corrected chi connectivity index (χ1v) is 8.72. The van der Waals surface area contributed by atoms with Crippen LogP contribution in [-0.2, 0) is 11.2 Å². The summed E-state index contributed by atoms with van der Waals surface area (Å²) in [5.41, 5.74) is 1.19. The molecule has 3 aromatic carbocycles. The van der Waals surface area contributed by atoms with Crippen LogP contribution in [0.2, 0.25) is 5.02 Å². The highest BCUT2D eigenvalue weighted by Gasteiger charge is 2.05. The van der Waals surface area contributed by atoms with E-state index in [0.29, 0.717) is 30.3 Å². The molecule has 0 aliphatic rings.